The van der Waals surface area contributed by atoms with Crippen LogP contribution in [-0.2, 0) is 22.6 Å². The van der Waals surface area contributed by atoms with Crippen LogP contribution in [-0.4, -0.2) is 44.5 Å². The Morgan fingerprint density at radius 2 is 2.14 bits per heavy atom. The van der Waals surface area contributed by atoms with Crippen LogP contribution in [0.15, 0.2) is 12.4 Å². The fourth-order valence-corrected chi connectivity index (χ4v) is 3.06. The van der Waals surface area contributed by atoms with Gasteiger partial charge in [0.25, 0.3) is 0 Å². The molecule has 1 fully saturated rings. The van der Waals surface area contributed by atoms with E-state index in [-0.39, 0.29) is 18.4 Å². The average Bonchev–Trinajstić information content (AvgIpc) is 3.05. The van der Waals surface area contributed by atoms with Crippen molar-refractivity contribution in [2.45, 2.75) is 39.7 Å². The Bertz CT molecular complexity index is 512. The van der Waals surface area contributed by atoms with Gasteiger partial charge in [-0.2, -0.15) is 0 Å². The molecule has 1 aromatic rings. The third-order valence-corrected chi connectivity index (χ3v) is 4.19. The van der Waals surface area contributed by atoms with Crippen molar-refractivity contribution in [2.75, 3.05) is 13.1 Å². The molecule has 0 bridgehead atoms. The van der Waals surface area contributed by atoms with E-state index in [1.165, 1.54) is 0 Å². The molecule has 2 rings (SSSR count). The molecule has 2 atom stereocenters. The highest BCUT2D eigenvalue weighted by molar-refractivity contribution is 5.79. The van der Waals surface area contributed by atoms with Crippen molar-refractivity contribution in [2.24, 2.45) is 11.8 Å². The molecule has 1 amide bonds. The standard InChI is InChI=1S/C15H23N3O3/c1-3-5-11-8-18(9-12(11)15(20)21)14(19)10-17-7-6-16-13(17)4-2/h6-7,11-12H,3-5,8-10H2,1-2H3,(H,20,21)/t11-,12-/m1/s1. The van der Waals surface area contributed by atoms with Gasteiger partial charge in [-0.3, -0.25) is 9.59 Å². The summed E-state index contributed by atoms with van der Waals surface area (Å²) in [5.41, 5.74) is 0. The molecule has 1 N–H and O–H groups in total. The molecule has 6 heteroatoms. The van der Waals surface area contributed by atoms with Crippen molar-refractivity contribution >= 4 is 11.9 Å². The van der Waals surface area contributed by atoms with Crippen LogP contribution >= 0.6 is 0 Å². The molecule has 1 aliphatic rings. The van der Waals surface area contributed by atoms with E-state index in [1.54, 1.807) is 17.3 Å². The third kappa shape index (κ3) is 3.43. The molecule has 116 valence electrons. The molecular weight excluding hydrogens is 270 g/mol. The lowest BCUT2D eigenvalue weighted by atomic mass is 9.92. The van der Waals surface area contributed by atoms with Crippen LogP contribution in [0.4, 0.5) is 0 Å². The first-order valence-corrected chi connectivity index (χ1v) is 7.57. The summed E-state index contributed by atoms with van der Waals surface area (Å²) in [4.78, 5) is 29.6. The maximum Gasteiger partial charge on any atom is 0.308 e. The van der Waals surface area contributed by atoms with Crippen molar-refractivity contribution < 1.29 is 14.7 Å². The van der Waals surface area contributed by atoms with Crippen molar-refractivity contribution in [1.29, 1.82) is 0 Å². The van der Waals surface area contributed by atoms with Crippen molar-refractivity contribution in [3.8, 4) is 0 Å². The predicted octanol–water partition coefficient (Wildman–Crippen LogP) is 1.40. The Kier molecular flexibility index (Phi) is 4.98. The number of hydrogen-bond acceptors (Lipinski definition) is 3. The monoisotopic (exact) mass is 293 g/mol. The zero-order valence-electron chi connectivity index (χ0n) is 12.7. The lowest BCUT2D eigenvalue weighted by molar-refractivity contribution is -0.142. The first-order chi connectivity index (χ1) is 10.1. The zero-order valence-corrected chi connectivity index (χ0v) is 12.7. The van der Waals surface area contributed by atoms with E-state index in [9.17, 15) is 14.7 Å². The number of aryl methyl sites for hydroxylation is 1. The minimum Gasteiger partial charge on any atom is -0.481 e. The van der Waals surface area contributed by atoms with Crippen LogP contribution in [0, 0.1) is 11.8 Å². The second-order valence-corrected chi connectivity index (χ2v) is 5.62. The first kappa shape index (κ1) is 15.5. The predicted molar refractivity (Wildman–Crippen MR) is 77.7 cm³/mol. The van der Waals surface area contributed by atoms with Gasteiger partial charge in [0.2, 0.25) is 5.91 Å². The smallest absolute Gasteiger partial charge is 0.308 e. The van der Waals surface area contributed by atoms with Crippen LogP contribution in [0.3, 0.4) is 0 Å². The summed E-state index contributed by atoms with van der Waals surface area (Å²) in [5, 5.41) is 9.30. The largest absolute Gasteiger partial charge is 0.481 e. The molecule has 2 heterocycles. The first-order valence-electron chi connectivity index (χ1n) is 7.57. The van der Waals surface area contributed by atoms with Gasteiger partial charge >= 0.3 is 5.97 Å². The molecule has 0 aromatic carbocycles. The van der Waals surface area contributed by atoms with Gasteiger partial charge in [-0.05, 0) is 12.3 Å². The Morgan fingerprint density at radius 3 is 2.76 bits per heavy atom. The Morgan fingerprint density at radius 1 is 1.38 bits per heavy atom. The number of likely N-dealkylation sites (tertiary alicyclic amines) is 1. The third-order valence-electron chi connectivity index (χ3n) is 4.19. The molecule has 1 aliphatic heterocycles. The number of hydrogen-bond donors (Lipinski definition) is 1. The quantitative estimate of drug-likeness (QED) is 0.860. The Labute approximate surface area is 124 Å². The SMILES string of the molecule is CCC[C@@H]1CN(C(=O)Cn2ccnc2CC)C[C@H]1C(=O)O. The van der Waals surface area contributed by atoms with Crippen LogP contribution in [0.1, 0.15) is 32.5 Å². The molecule has 6 nitrogen and oxygen atoms in total. The van der Waals surface area contributed by atoms with E-state index in [4.69, 9.17) is 0 Å². The number of nitrogens with zero attached hydrogens (tertiary/aromatic N) is 3. The molecule has 1 aromatic heterocycles. The minimum absolute atomic E-state index is 0.0208. The maximum absolute atomic E-state index is 12.4. The lowest BCUT2D eigenvalue weighted by Crippen LogP contribution is -2.33. The van der Waals surface area contributed by atoms with E-state index in [1.807, 2.05) is 18.4 Å². The summed E-state index contributed by atoms with van der Waals surface area (Å²) < 4.78 is 1.84. The molecule has 0 aliphatic carbocycles. The van der Waals surface area contributed by atoms with Gasteiger partial charge in [-0.25, -0.2) is 4.98 Å². The average molecular weight is 293 g/mol. The van der Waals surface area contributed by atoms with Crippen molar-refractivity contribution in [3.63, 3.8) is 0 Å². The van der Waals surface area contributed by atoms with E-state index >= 15 is 0 Å². The van der Waals surface area contributed by atoms with Crippen LogP contribution in [0.2, 0.25) is 0 Å². The number of aromatic nitrogens is 2. The van der Waals surface area contributed by atoms with Crippen LogP contribution in [0.25, 0.3) is 0 Å². The van der Waals surface area contributed by atoms with E-state index in [0.29, 0.717) is 13.1 Å². The topological polar surface area (TPSA) is 75.4 Å². The fourth-order valence-electron chi connectivity index (χ4n) is 3.06. The van der Waals surface area contributed by atoms with Gasteiger partial charge < -0.3 is 14.6 Å². The Balaban J connectivity index is 2.02. The van der Waals surface area contributed by atoms with Crippen LogP contribution < -0.4 is 0 Å². The Hall–Kier alpha value is -1.85. The van der Waals surface area contributed by atoms with E-state index in [0.717, 1.165) is 25.1 Å². The number of carboxylic acids is 1. The number of carbonyl (C=O) groups excluding carboxylic acids is 1. The summed E-state index contributed by atoms with van der Waals surface area (Å²) >= 11 is 0. The number of amides is 1. The highest BCUT2D eigenvalue weighted by Gasteiger charge is 2.38. The van der Waals surface area contributed by atoms with Gasteiger partial charge in [0.1, 0.15) is 12.4 Å². The molecule has 1 saturated heterocycles. The molecule has 21 heavy (non-hydrogen) atoms. The van der Waals surface area contributed by atoms with Crippen molar-refractivity contribution in [1.82, 2.24) is 14.5 Å². The number of carbonyl (C=O) groups is 2. The van der Waals surface area contributed by atoms with Crippen molar-refractivity contribution in [3.05, 3.63) is 18.2 Å². The second-order valence-electron chi connectivity index (χ2n) is 5.62. The molecular formula is C15H23N3O3. The maximum atomic E-state index is 12.4. The van der Waals surface area contributed by atoms with E-state index in [2.05, 4.69) is 4.98 Å². The van der Waals surface area contributed by atoms with Gasteiger partial charge in [0, 0.05) is 31.9 Å². The summed E-state index contributed by atoms with van der Waals surface area (Å²) in [7, 11) is 0. The van der Waals surface area contributed by atoms with E-state index < -0.39 is 11.9 Å². The zero-order chi connectivity index (χ0) is 15.4. The second kappa shape index (κ2) is 6.74. The van der Waals surface area contributed by atoms with Crippen LogP contribution in [0.5, 0.6) is 0 Å². The fraction of sp³-hybridized carbons (Fsp3) is 0.667. The lowest BCUT2D eigenvalue weighted by Gasteiger charge is -2.17. The highest BCUT2D eigenvalue weighted by atomic mass is 16.4. The normalized spacial score (nSPS) is 21.7. The van der Waals surface area contributed by atoms with Gasteiger partial charge in [-0.1, -0.05) is 20.3 Å². The molecule has 0 radical (unpaired) electrons. The van der Waals surface area contributed by atoms with Gasteiger partial charge in [0.05, 0.1) is 5.92 Å². The molecule has 0 saturated carbocycles. The minimum atomic E-state index is -0.791. The number of imidazole rings is 1. The molecule has 0 unspecified atom stereocenters. The van der Waals surface area contributed by atoms with Gasteiger partial charge in [-0.15, -0.1) is 0 Å². The highest BCUT2D eigenvalue weighted by Crippen LogP contribution is 2.27. The summed E-state index contributed by atoms with van der Waals surface area (Å²) in [6, 6.07) is 0. The summed E-state index contributed by atoms with van der Waals surface area (Å²) in [6.45, 7) is 5.17. The summed E-state index contributed by atoms with van der Waals surface area (Å²) in [5.74, 6) is -0.289. The van der Waals surface area contributed by atoms with Gasteiger partial charge in [0.15, 0.2) is 0 Å². The number of carboxylic acid groups (broad SMARTS) is 1. The number of rotatable bonds is 6. The summed E-state index contributed by atoms with van der Waals surface area (Å²) in [6.07, 6.45) is 6.06. The number of aliphatic carboxylic acids is 1. The molecule has 0 spiro atoms.